The zero-order valence-electron chi connectivity index (χ0n) is 12.8. The van der Waals surface area contributed by atoms with E-state index in [1.54, 1.807) is 36.0 Å². The molecule has 23 heavy (non-hydrogen) atoms. The van der Waals surface area contributed by atoms with E-state index in [2.05, 4.69) is 10.1 Å². The fraction of sp³-hybridized carbons (Fsp3) is 0.429. The van der Waals surface area contributed by atoms with Crippen molar-refractivity contribution in [3.63, 3.8) is 0 Å². The van der Waals surface area contributed by atoms with Crippen LogP contribution in [0.4, 0.5) is 0 Å². The summed E-state index contributed by atoms with van der Waals surface area (Å²) in [7, 11) is -1.70. The Kier molecular flexibility index (Phi) is 4.33. The molecule has 0 radical (unpaired) electrons. The second kappa shape index (κ2) is 6.26. The van der Waals surface area contributed by atoms with Gasteiger partial charge < -0.3 is 10.5 Å². The predicted molar refractivity (Wildman–Crippen MR) is 83.1 cm³/mol. The molecule has 8 nitrogen and oxygen atoms in total. The highest BCUT2D eigenvalue weighted by atomic mass is 32.2. The second-order valence-corrected chi connectivity index (χ2v) is 7.41. The summed E-state index contributed by atoms with van der Waals surface area (Å²) in [6.45, 7) is 1.10. The van der Waals surface area contributed by atoms with Crippen molar-refractivity contribution >= 4 is 10.0 Å². The van der Waals surface area contributed by atoms with Gasteiger partial charge in [-0.2, -0.15) is 9.40 Å². The van der Waals surface area contributed by atoms with Gasteiger partial charge in [-0.1, -0.05) is 0 Å². The second-order valence-electron chi connectivity index (χ2n) is 5.47. The maximum Gasteiger partial charge on any atom is 0.243 e. The van der Waals surface area contributed by atoms with Crippen molar-refractivity contribution in [2.45, 2.75) is 24.0 Å². The van der Waals surface area contributed by atoms with Crippen LogP contribution in [0, 0.1) is 0 Å². The highest BCUT2D eigenvalue weighted by Gasteiger charge is 2.30. The van der Waals surface area contributed by atoms with Crippen LogP contribution in [0.25, 0.3) is 0 Å². The summed E-state index contributed by atoms with van der Waals surface area (Å²) in [5, 5.41) is 3.96. The van der Waals surface area contributed by atoms with Crippen LogP contribution in [0.15, 0.2) is 35.5 Å². The lowest BCUT2D eigenvalue weighted by Crippen LogP contribution is -2.31. The maximum atomic E-state index is 12.5. The Morgan fingerprint density at radius 3 is 2.65 bits per heavy atom. The van der Waals surface area contributed by atoms with E-state index in [9.17, 15) is 8.42 Å². The van der Waals surface area contributed by atoms with Crippen LogP contribution in [0.1, 0.15) is 12.2 Å². The SMILES string of the molecule is Cn1ncnc1COc1ccc(S(=O)(=O)N2CCC(N)C2)cc1. The Bertz CT molecular complexity index is 772. The average molecular weight is 337 g/mol. The van der Waals surface area contributed by atoms with Crippen LogP contribution in [-0.4, -0.2) is 46.6 Å². The molecule has 3 rings (SSSR count). The summed E-state index contributed by atoms with van der Waals surface area (Å²) in [5.74, 6) is 1.26. The molecule has 1 fully saturated rings. The van der Waals surface area contributed by atoms with Gasteiger partial charge in [0.15, 0.2) is 5.82 Å². The Morgan fingerprint density at radius 1 is 1.35 bits per heavy atom. The minimum absolute atomic E-state index is 0.0845. The van der Waals surface area contributed by atoms with E-state index in [-0.39, 0.29) is 17.5 Å². The van der Waals surface area contributed by atoms with Crippen LogP contribution in [0.5, 0.6) is 5.75 Å². The van der Waals surface area contributed by atoms with Crippen LogP contribution in [0.3, 0.4) is 0 Å². The fourth-order valence-electron chi connectivity index (χ4n) is 2.43. The van der Waals surface area contributed by atoms with Gasteiger partial charge in [0.1, 0.15) is 18.7 Å². The molecule has 1 aliphatic rings. The van der Waals surface area contributed by atoms with Crippen molar-refractivity contribution in [2.75, 3.05) is 13.1 Å². The molecule has 1 aliphatic heterocycles. The molecule has 0 bridgehead atoms. The monoisotopic (exact) mass is 337 g/mol. The summed E-state index contributed by atoms with van der Waals surface area (Å²) < 4.78 is 33.6. The zero-order chi connectivity index (χ0) is 16.4. The maximum absolute atomic E-state index is 12.5. The van der Waals surface area contributed by atoms with Gasteiger partial charge in [-0.15, -0.1) is 0 Å². The van der Waals surface area contributed by atoms with E-state index in [4.69, 9.17) is 10.5 Å². The van der Waals surface area contributed by atoms with E-state index < -0.39 is 10.0 Å². The molecule has 124 valence electrons. The average Bonchev–Trinajstić information content (AvgIpc) is 3.14. The summed E-state index contributed by atoms with van der Waals surface area (Å²) in [6.07, 6.45) is 2.15. The lowest BCUT2D eigenvalue weighted by Gasteiger charge is -2.16. The summed E-state index contributed by atoms with van der Waals surface area (Å²) in [5.41, 5.74) is 5.78. The van der Waals surface area contributed by atoms with Crippen LogP contribution in [0.2, 0.25) is 0 Å². The van der Waals surface area contributed by atoms with Crippen molar-refractivity contribution in [2.24, 2.45) is 12.8 Å². The number of aryl methyl sites for hydroxylation is 1. The molecule has 0 aliphatic carbocycles. The minimum atomic E-state index is -3.48. The number of hydrogen-bond acceptors (Lipinski definition) is 6. The Balaban J connectivity index is 1.68. The first-order chi connectivity index (χ1) is 11.0. The van der Waals surface area contributed by atoms with E-state index in [0.29, 0.717) is 31.1 Å². The first kappa shape index (κ1) is 15.9. The third-order valence-electron chi connectivity index (χ3n) is 3.82. The third-order valence-corrected chi connectivity index (χ3v) is 5.70. The van der Waals surface area contributed by atoms with E-state index in [1.807, 2.05) is 0 Å². The summed E-state index contributed by atoms with van der Waals surface area (Å²) >= 11 is 0. The van der Waals surface area contributed by atoms with Crippen molar-refractivity contribution in [1.82, 2.24) is 19.1 Å². The van der Waals surface area contributed by atoms with E-state index in [1.165, 1.54) is 10.6 Å². The van der Waals surface area contributed by atoms with Crippen molar-refractivity contribution in [3.8, 4) is 5.75 Å². The van der Waals surface area contributed by atoms with Gasteiger partial charge >= 0.3 is 0 Å². The molecule has 2 heterocycles. The van der Waals surface area contributed by atoms with Crippen molar-refractivity contribution in [3.05, 3.63) is 36.4 Å². The van der Waals surface area contributed by atoms with Gasteiger partial charge in [0, 0.05) is 26.2 Å². The summed E-state index contributed by atoms with van der Waals surface area (Å²) in [4.78, 5) is 4.31. The van der Waals surface area contributed by atoms with Crippen molar-refractivity contribution < 1.29 is 13.2 Å². The largest absolute Gasteiger partial charge is 0.486 e. The quantitative estimate of drug-likeness (QED) is 0.831. The van der Waals surface area contributed by atoms with Gasteiger partial charge in [-0.3, -0.25) is 4.68 Å². The van der Waals surface area contributed by atoms with Gasteiger partial charge in [-0.05, 0) is 30.7 Å². The predicted octanol–water partition coefficient (Wildman–Crippen LogP) is 0.116. The van der Waals surface area contributed by atoms with E-state index in [0.717, 1.165) is 0 Å². The molecule has 1 atom stereocenters. The standard InChI is InChI=1S/C14H19N5O3S/c1-18-14(16-10-17-18)9-22-12-2-4-13(5-3-12)23(20,21)19-7-6-11(15)8-19/h2-5,10-11H,6-9,15H2,1H3. The highest BCUT2D eigenvalue weighted by molar-refractivity contribution is 7.89. The number of nitrogens with two attached hydrogens (primary N) is 1. The molecule has 0 spiro atoms. The summed E-state index contributed by atoms with van der Waals surface area (Å²) in [6, 6.07) is 6.29. The molecule has 1 aromatic heterocycles. The smallest absolute Gasteiger partial charge is 0.243 e. The Labute approximate surface area is 134 Å². The van der Waals surface area contributed by atoms with Gasteiger partial charge in [0.25, 0.3) is 0 Å². The highest BCUT2D eigenvalue weighted by Crippen LogP contribution is 2.23. The number of hydrogen-bond donors (Lipinski definition) is 1. The lowest BCUT2D eigenvalue weighted by atomic mass is 10.3. The van der Waals surface area contributed by atoms with Crippen LogP contribution in [-0.2, 0) is 23.7 Å². The first-order valence-corrected chi connectivity index (χ1v) is 8.72. The number of ether oxygens (including phenoxy) is 1. The topological polar surface area (TPSA) is 103 Å². The number of benzene rings is 1. The van der Waals surface area contributed by atoms with Gasteiger partial charge in [-0.25, -0.2) is 13.4 Å². The zero-order valence-corrected chi connectivity index (χ0v) is 13.6. The molecule has 2 N–H and O–H groups in total. The Hall–Kier alpha value is -1.97. The fourth-order valence-corrected chi connectivity index (χ4v) is 3.94. The molecule has 1 unspecified atom stereocenters. The number of aromatic nitrogens is 3. The number of nitrogens with zero attached hydrogens (tertiary/aromatic N) is 4. The molecule has 2 aromatic rings. The van der Waals surface area contributed by atoms with Gasteiger partial charge in [0.05, 0.1) is 4.90 Å². The molecule has 1 aromatic carbocycles. The molecule has 0 saturated carbocycles. The molecule has 1 saturated heterocycles. The third kappa shape index (κ3) is 3.36. The first-order valence-electron chi connectivity index (χ1n) is 7.28. The molecular weight excluding hydrogens is 318 g/mol. The number of sulfonamides is 1. The van der Waals surface area contributed by atoms with Crippen LogP contribution < -0.4 is 10.5 Å². The lowest BCUT2D eigenvalue weighted by molar-refractivity contribution is 0.289. The van der Waals surface area contributed by atoms with Gasteiger partial charge in [0.2, 0.25) is 10.0 Å². The molecule has 0 amide bonds. The van der Waals surface area contributed by atoms with Crippen LogP contribution >= 0.6 is 0 Å². The minimum Gasteiger partial charge on any atom is -0.486 e. The normalized spacial score (nSPS) is 19.1. The van der Waals surface area contributed by atoms with E-state index >= 15 is 0 Å². The van der Waals surface area contributed by atoms with Crippen molar-refractivity contribution in [1.29, 1.82) is 0 Å². The molecule has 9 heteroatoms. The Morgan fingerprint density at radius 2 is 2.09 bits per heavy atom. The molecular formula is C14H19N5O3S. The number of rotatable bonds is 5.